The summed E-state index contributed by atoms with van der Waals surface area (Å²) >= 11 is 6.07. The molecule has 9 heteroatoms. The highest BCUT2D eigenvalue weighted by Crippen LogP contribution is 2.25. The van der Waals surface area contributed by atoms with E-state index in [-0.39, 0.29) is 30.4 Å². The minimum Gasteiger partial charge on any atom is -0.390 e. The third kappa shape index (κ3) is 6.22. The molecule has 186 valence electrons. The summed E-state index contributed by atoms with van der Waals surface area (Å²) in [5, 5.41) is 23.5. The zero-order valence-corrected chi connectivity index (χ0v) is 21.0. The fourth-order valence-electron chi connectivity index (χ4n) is 3.84. The van der Waals surface area contributed by atoms with Crippen molar-refractivity contribution >= 4 is 43.9 Å². The molecule has 0 aromatic heterocycles. The van der Waals surface area contributed by atoms with Gasteiger partial charge in [-0.05, 0) is 64.9 Å². The second-order valence-corrected chi connectivity index (χ2v) is 10.8. The van der Waals surface area contributed by atoms with E-state index in [4.69, 9.17) is 22.7 Å². The first-order valence-corrected chi connectivity index (χ1v) is 13.1. The molecule has 0 aliphatic carbocycles. The third-order valence-electron chi connectivity index (χ3n) is 5.77. The molecule has 0 amide bonds. The van der Waals surface area contributed by atoms with Crippen molar-refractivity contribution in [2.45, 2.75) is 17.5 Å². The average molecular weight is 523 g/mol. The van der Waals surface area contributed by atoms with Crippen LogP contribution in [-0.2, 0) is 16.6 Å². The highest BCUT2D eigenvalue weighted by Gasteiger charge is 2.27. The summed E-state index contributed by atoms with van der Waals surface area (Å²) in [6.45, 7) is 0.150. The largest absolute Gasteiger partial charge is 0.390 e. The number of aliphatic hydroxyl groups is 1. The second-order valence-electron chi connectivity index (χ2n) is 8.46. The van der Waals surface area contributed by atoms with Crippen LogP contribution in [0.2, 0.25) is 5.02 Å². The number of aliphatic hydroxyl groups excluding tert-OH is 1. The van der Waals surface area contributed by atoms with Crippen LogP contribution in [0.15, 0.2) is 95.9 Å². The molecule has 0 aliphatic rings. The Morgan fingerprint density at radius 3 is 2.33 bits per heavy atom. The van der Waals surface area contributed by atoms with Gasteiger partial charge in [-0.2, -0.15) is 4.31 Å². The molecule has 0 spiro atoms. The lowest BCUT2D eigenvalue weighted by Crippen LogP contribution is -2.39. The number of halogens is 1. The molecule has 4 aromatic rings. The number of nitrogens with zero attached hydrogens (tertiary/aromatic N) is 1. The Labute approximate surface area is 215 Å². The lowest BCUT2D eigenvalue weighted by atomic mass is 10.1. The molecular weight excluding hydrogens is 496 g/mol. The van der Waals surface area contributed by atoms with E-state index in [2.05, 4.69) is 5.32 Å². The van der Waals surface area contributed by atoms with Gasteiger partial charge in [-0.15, -0.1) is 0 Å². The maximum atomic E-state index is 13.7. The molecular formula is C27H27ClN4O3S. The van der Waals surface area contributed by atoms with Crippen LogP contribution in [-0.4, -0.2) is 42.9 Å². The number of nitrogens with two attached hydrogens (primary N) is 1. The molecule has 0 bridgehead atoms. The SMILES string of the molecule is N=C(N)c1ccc(NCC(O)CN(Cc2ccccc2)S(=O)(=O)c2ccc3cc(Cl)ccc3c2)cc1. The van der Waals surface area contributed by atoms with Gasteiger partial charge in [-0.1, -0.05) is 54.1 Å². The van der Waals surface area contributed by atoms with Crippen LogP contribution in [0.3, 0.4) is 0 Å². The van der Waals surface area contributed by atoms with Gasteiger partial charge in [0.05, 0.1) is 11.0 Å². The zero-order chi connectivity index (χ0) is 25.7. The maximum Gasteiger partial charge on any atom is 0.243 e. The quantitative estimate of drug-likeness (QED) is 0.181. The van der Waals surface area contributed by atoms with E-state index in [1.54, 1.807) is 60.7 Å². The lowest BCUT2D eigenvalue weighted by Gasteiger charge is -2.25. The molecule has 5 N–H and O–H groups in total. The van der Waals surface area contributed by atoms with Gasteiger partial charge in [0.25, 0.3) is 0 Å². The van der Waals surface area contributed by atoms with Crippen molar-refractivity contribution in [2.24, 2.45) is 5.73 Å². The summed E-state index contributed by atoms with van der Waals surface area (Å²) in [4.78, 5) is 0.147. The van der Waals surface area contributed by atoms with E-state index in [1.807, 2.05) is 30.3 Å². The fraction of sp³-hybridized carbons (Fsp3) is 0.148. The first kappa shape index (κ1) is 25.7. The number of hydrogen-bond donors (Lipinski definition) is 4. The number of amidine groups is 1. The van der Waals surface area contributed by atoms with Gasteiger partial charge in [0.15, 0.2) is 0 Å². The van der Waals surface area contributed by atoms with Gasteiger partial charge in [-0.3, -0.25) is 5.41 Å². The molecule has 0 fully saturated rings. The molecule has 1 unspecified atom stereocenters. The van der Waals surface area contributed by atoms with E-state index in [9.17, 15) is 13.5 Å². The predicted octanol–water partition coefficient (Wildman–Crippen LogP) is 4.44. The summed E-state index contributed by atoms with van der Waals surface area (Å²) in [7, 11) is -3.92. The average Bonchev–Trinajstić information content (AvgIpc) is 2.87. The lowest BCUT2D eigenvalue weighted by molar-refractivity contribution is 0.155. The first-order chi connectivity index (χ1) is 17.2. The third-order valence-corrected chi connectivity index (χ3v) is 7.81. The Bertz CT molecular complexity index is 1460. The fourth-order valence-corrected chi connectivity index (χ4v) is 5.52. The zero-order valence-electron chi connectivity index (χ0n) is 19.4. The van der Waals surface area contributed by atoms with Crippen LogP contribution in [0.4, 0.5) is 5.69 Å². The highest BCUT2D eigenvalue weighted by atomic mass is 35.5. The molecule has 0 heterocycles. The molecule has 0 aliphatic heterocycles. The Morgan fingerprint density at radius 1 is 0.972 bits per heavy atom. The van der Waals surface area contributed by atoms with Crippen molar-refractivity contribution in [3.8, 4) is 0 Å². The minimum atomic E-state index is -3.92. The summed E-state index contributed by atoms with van der Waals surface area (Å²) in [5.74, 6) is -0.0277. The van der Waals surface area contributed by atoms with E-state index < -0.39 is 16.1 Å². The van der Waals surface area contributed by atoms with Gasteiger partial charge < -0.3 is 16.2 Å². The summed E-state index contributed by atoms with van der Waals surface area (Å²) in [5.41, 5.74) is 7.62. The number of anilines is 1. The number of fused-ring (bicyclic) bond motifs is 1. The number of nitrogen functional groups attached to an aromatic ring is 1. The van der Waals surface area contributed by atoms with E-state index in [0.29, 0.717) is 10.6 Å². The standard InChI is InChI=1S/C27H27ClN4O3S/c28-23-10-6-22-15-26(13-9-21(22)14-23)36(34,35)32(17-19-4-2-1-3-5-19)18-25(33)16-31-24-11-7-20(8-12-24)27(29)30/h1-15,25,31,33H,16-18H2,(H3,29,30). The molecule has 0 saturated heterocycles. The van der Waals surface area contributed by atoms with Crippen molar-refractivity contribution in [1.29, 1.82) is 5.41 Å². The Balaban J connectivity index is 1.55. The number of nitrogens with one attached hydrogen (secondary N) is 2. The van der Waals surface area contributed by atoms with Gasteiger partial charge in [0, 0.05) is 35.9 Å². The van der Waals surface area contributed by atoms with Crippen molar-refractivity contribution in [1.82, 2.24) is 4.31 Å². The van der Waals surface area contributed by atoms with E-state index >= 15 is 0 Å². The molecule has 4 rings (SSSR count). The van der Waals surface area contributed by atoms with Crippen molar-refractivity contribution in [2.75, 3.05) is 18.4 Å². The number of sulfonamides is 1. The Kier molecular flexibility index (Phi) is 7.91. The van der Waals surface area contributed by atoms with Crippen LogP contribution in [0, 0.1) is 5.41 Å². The second kappa shape index (κ2) is 11.1. The van der Waals surface area contributed by atoms with E-state index in [0.717, 1.165) is 22.0 Å². The topological polar surface area (TPSA) is 120 Å². The number of hydrogen-bond acceptors (Lipinski definition) is 5. The Hall–Kier alpha value is -3.43. The molecule has 0 radical (unpaired) electrons. The van der Waals surface area contributed by atoms with Crippen LogP contribution in [0.25, 0.3) is 10.8 Å². The van der Waals surface area contributed by atoms with Gasteiger partial charge in [0.1, 0.15) is 5.84 Å². The van der Waals surface area contributed by atoms with Crippen molar-refractivity contribution in [3.05, 3.63) is 107 Å². The van der Waals surface area contributed by atoms with Crippen molar-refractivity contribution < 1.29 is 13.5 Å². The highest BCUT2D eigenvalue weighted by molar-refractivity contribution is 7.89. The first-order valence-electron chi connectivity index (χ1n) is 11.3. The summed E-state index contributed by atoms with van der Waals surface area (Å²) < 4.78 is 28.7. The monoisotopic (exact) mass is 522 g/mol. The predicted molar refractivity (Wildman–Crippen MR) is 145 cm³/mol. The molecule has 0 saturated carbocycles. The van der Waals surface area contributed by atoms with Crippen molar-refractivity contribution in [3.63, 3.8) is 0 Å². The molecule has 36 heavy (non-hydrogen) atoms. The molecule has 1 atom stereocenters. The Morgan fingerprint density at radius 2 is 1.64 bits per heavy atom. The summed E-state index contributed by atoms with van der Waals surface area (Å²) in [6, 6.07) is 26.4. The molecule has 4 aromatic carbocycles. The van der Waals surface area contributed by atoms with Crippen LogP contribution < -0.4 is 11.1 Å². The normalized spacial score (nSPS) is 12.5. The van der Waals surface area contributed by atoms with Gasteiger partial charge >= 0.3 is 0 Å². The smallest absolute Gasteiger partial charge is 0.243 e. The maximum absolute atomic E-state index is 13.7. The van der Waals surface area contributed by atoms with Crippen LogP contribution in [0.1, 0.15) is 11.1 Å². The number of rotatable bonds is 10. The molecule has 7 nitrogen and oxygen atoms in total. The number of benzene rings is 4. The van der Waals surface area contributed by atoms with E-state index in [1.165, 1.54) is 4.31 Å². The summed E-state index contributed by atoms with van der Waals surface area (Å²) in [6.07, 6.45) is -0.977. The minimum absolute atomic E-state index is 0.0277. The van der Waals surface area contributed by atoms with Crippen LogP contribution >= 0.6 is 11.6 Å². The van der Waals surface area contributed by atoms with Crippen LogP contribution in [0.5, 0.6) is 0 Å². The van der Waals surface area contributed by atoms with Gasteiger partial charge in [0.2, 0.25) is 10.0 Å². The van der Waals surface area contributed by atoms with Gasteiger partial charge in [-0.25, -0.2) is 8.42 Å².